The number of amides is 1. The van der Waals surface area contributed by atoms with Crippen LogP contribution < -0.4 is 15.8 Å². The molecule has 210 valence electrons. The van der Waals surface area contributed by atoms with Gasteiger partial charge >= 0.3 is 6.01 Å². The summed E-state index contributed by atoms with van der Waals surface area (Å²) < 4.78 is 38.4. The summed E-state index contributed by atoms with van der Waals surface area (Å²) in [7, 11) is 1.66. The summed E-state index contributed by atoms with van der Waals surface area (Å²) in [5.74, 6) is -1.88. The number of fused-ring (bicyclic) bond motifs is 1. The second kappa shape index (κ2) is 10.7. The molecule has 5 rings (SSSR count). The molecule has 0 aliphatic carbocycles. The Kier molecular flexibility index (Phi) is 7.14. The van der Waals surface area contributed by atoms with Crippen molar-refractivity contribution in [3.8, 4) is 40.2 Å². The van der Waals surface area contributed by atoms with E-state index < -0.39 is 17.5 Å². The Balaban J connectivity index is 1.69. The predicted molar refractivity (Wildman–Crippen MR) is 156 cm³/mol. The van der Waals surface area contributed by atoms with Gasteiger partial charge in [0.05, 0.1) is 22.2 Å². The molecular formula is C31H25F2N7O2. The van der Waals surface area contributed by atoms with Crippen molar-refractivity contribution in [2.24, 2.45) is 7.05 Å². The number of aryl methyl sites for hydroxylation is 3. The Bertz CT molecular complexity index is 1980. The molecule has 1 amide bonds. The van der Waals surface area contributed by atoms with Crippen molar-refractivity contribution in [1.29, 1.82) is 5.26 Å². The molecule has 0 aliphatic rings. The van der Waals surface area contributed by atoms with Gasteiger partial charge in [-0.3, -0.25) is 4.79 Å². The van der Waals surface area contributed by atoms with Crippen molar-refractivity contribution in [2.45, 2.75) is 20.8 Å². The van der Waals surface area contributed by atoms with Gasteiger partial charge in [-0.2, -0.15) is 10.2 Å². The van der Waals surface area contributed by atoms with Gasteiger partial charge in [0.2, 0.25) is 0 Å². The molecule has 2 aromatic carbocycles. The number of halogens is 2. The van der Waals surface area contributed by atoms with Crippen molar-refractivity contribution in [3.63, 3.8) is 0 Å². The minimum atomic E-state index is -0.724. The number of benzene rings is 2. The van der Waals surface area contributed by atoms with Gasteiger partial charge < -0.3 is 20.4 Å². The number of ether oxygens (including phenoxy) is 1. The maximum atomic E-state index is 15.7. The van der Waals surface area contributed by atoms with E-state index in [-0.39, 0.29) is 40.0 Å². The first-order valence-corrected chi connectivity index (χ1v) is 12.7. The molecule has 0 unspecified atom stereocenters. The summed E-state index contributed by atoms with van der Waals surface area (Å²) in [5.41, 5.74) is 10.1. The van der Waals surface area contributed by atoms with Crippen LogP contribution in [0.1, 0.15) is 23.7 Å². The summed E-state index contributed by atoms with van der Waals surface area (Å²) in [6.45, 7) is 8.77. The molecule has 42 heavy (non-hydrogen) atoms. The van der Waals surface area contributed by atoms with Crippen LogP contribution in [0, 0.1) is 36.8 Å². The van der Waals surface area contributed by atoms with Gasteiger partial charge in [-0.15, -0.1) is 0 Å². The minimum absolute atomic E-state index is 0.0105. The first-order valence-electron chi connectivity index (χ1n) is 12.7. The number of carbonyl (C=O) groups is 1. The topological polar surface area (TPSA) is 132 Å². The zero-order valence-corrected chi connectivity index (χ0v) is 23.2. The largest absolute Gasteiger partial charge is 0.421 e. The molecule has 5 aromatic rings. The highest BCUT2D eigenvalue weighted by molar-refractivity contribution is 6.11. The number of pyridine rings is 1. The van der Waals surface area contributed by atoms with Gasteiger partial charge in [0.15, 0.2) is 11.6 Å². The molecular weight excluding hydrogens is 540 g/mol. The van der Waals surface area contributed by atoms with Crippen molar-refractivity contribution in [1.82, 2.24) is 19.5 Å². The zero-order chi connectivity index (χ0) is 30.3. The van der Waals surface area contributed by atoms with Crippen LogP contribution in [-0.4, -0.2) is 25.4 Å². The number of hydrogen-bond donors (Lipinski definition) is 2. The van der Waals surface area contributed by atoms with E-state index in [1.165, 1.54) is 43.5 Å². The van der Waals surface area contributed by atoms with Crippen molar-refractivity contribution >= 4 is 28.3 Å². The Morgan fingerprint density at radius 2 is 1.88 bits per heavy atom. The Morgan fingerprint density at radius 1 is 1.12 bits per heavy atom. The van der Waals surface area contributed by atoms with E-state index >= 15 is 8.78 Å². The van der Waals surface area contributed by atoms with Crippen LogP contribution >= 0.6 is 0 Å². The lowest BCUT2D eigenvalue weighted by Crippen LogP contribution is -2.12. The second-order valence-corrected chi connectivity index (χ2v) is 9.77. The zero-order valence-electron chi connectivity index (χ0n) is 23.2. The molecule has 3 N–H and O–H groups in total. The summed E-state index contributed by atoms with van der Waals surface area (Å²) >= 11 is 0. The lowest BCUT2D eigenvalue weighted by Gasteiger charge is -2.13. The third-order valence-electron chi connectivity index (χ3n) is 6.85. The van der Waals surface area contributed by atoms with Crippen LogP contribution in [-0.2, 0) is 11.8 Å². The quantitative estimate of drug-likeness (QED) is 0.229. The molecule has 0 saturated carbocycles. The maximum Gasteiger partial charge on any atom is 0.322 e. The summed E-state index contributed by atoms with van der Waals surface area (Å²) in [6.07, 6.45) is 2.91. The van der Waals surface area contributed by atoms with Crippen LogP contribution in [0.2, 0.25) is 0 Å². The van der Waals surface area contributed by atoms with Gasteiger partial charge in [-0.25, -0.2) is 18.7 Å². The van der Waals surface area contributed by atoms with E-state index in [1.54, 1.807) is 30.8 Å². The van der Waals surface area contributed by atoms with Crippen molar-refractivity contribution in [2.75, 3.05) is 11.1 Å². The second-order valence-electron chi connectivity index (χ2n) is 9.77. The average Bonchev–Trinajstić information content (AvgIpc) is 3.25. The first kappa shape index (κ1) is 27.9. The van der Waals surface area contributed by atoms with E-state index in [1.807, 2.05) is 6.92 Å². The smallest absolute Gasteiger partial charge is 0.322 e. The fourth-order valence-corrected chi connectivity index (χ4v) is 4.60. The number of nitrogen functional groups attached to an aromatic ring is 1. The monoisotopic (exact) mass is 565 g/mol. The molecule has 0 spiro atoms. The molecule has 9 nitrogen and oxygen atoms in total. The van der Waals surface area contributed by atoms with E-state index in [4.69, 9.17) is 10.5 Å². The Labute approximate surface area is 239 Å². The Morgan fingerprint density at radius 3 is 2.52 bits per heavy atom. The summed E-state index contributed by atoms with van der Waals surface area (Å²) in [6, 6.07) is 10.5. The van der Waals surface area contributed by atoms with Gasteiger partial charge in [0, 0.05) is 47.5 Å². The van der Waals surface area contributed by atoms with Gasteiger partial charge in [-0.1, -0.05) is 12.6 Å². The van der Waals surface area contributed by atoms with Crippen molar-refractivity contribution < 1.29 is 18.3 Å². The van der Waals surface area contributed by atoms with E-state index in [2.05, 4.69) is 32.9 Å². The lowest BCUT2D eigenvalue weighted by molar-refractivity contribution is -0.112. The third kappa shape index (κ3) is 4.90. The van der Waals surface area contributed by atoms with Crippen LogP contribution in [0.25, 0.3) is 33.3 Å². The number of nitrogens with zero attached hydrogens (tertiary/aromatic N) is 5. The molecule has 0 aliphatic heterocycles. The maximum absolute atomic E-state index is 15.7. The summed E-state index contributed by atoms with van der Waals surface area (Å²) in [5, 5.41) is 12.8. The molecule has 11 heteroatoms. The number of carbonyl (C=O) groups excluding carboxylic acids is 1. The highest BCUT2D eigenvalue weighted by Crippen LogP contribution is 2.45. The number of nitrogens with two attached hydrogens (primary N) is 1. The highest BCUT2D eigenvalue weighted by atomic mass is 19.1. The Hall–Kier alpha value is -5.63. The number of aromatic nitrogens is 4. The SMILES string of the molecule is C=C(C)C(=O)Nc1ccc(-c2c(-c3ccc(Oc4ncc(C)c(C)n4)c(F)c3)c3c(N)ncc(C#N)c3n2C)c(F)c1. The fourth-order valence-electron chi connectivity index (χ4n) is 4.60. The molecule has 0 saturated heterocycles. The molecule has 0 atom stereocenters. The van der Waals surface area contributed by atoms with Crippen LogP contribution in [0.3, 0.4) is 0 Å². The number of nitrogens with one attached hydrogen (secondary N) is 1. The molecule has 0 radical (unpaired) electrons. The van der Waals surface area contributed by atoms with Crippen LogP contribution in [0.5, 0.6) is 11.8 Å². The molecule has 3 aromatic heterocycles. The molecule has 0 fully saturated rings. The summed E-state index contributed by atoms with van der Waals surface area (Å²) in [4.78, 5) is 24.6. The van der Waals surface area contributed by atoms with Crippen LogP contribution in [0.15, 0.2) is 60.9 Å². The average molecular weight is 566 g/mol. The van der Waals surface area contributed by atoms with Crippen molar-refractivity contribution in [3.05, 3.63) is 89.4 Å². The number of anilines is 2. The fraction of sp³-hybridized carbons (Fsp3) is 0.129. The van der Waals surface area contributed by atoms with E-state index in [9.17, 15) is 10.1 Å². The number of nitriles is 1. The first-order chi connectivity index (χ1) is 20.0. The molecule has 0 bridgehead atoms. The molecule has 3 heterocycles. The third-order valence-corrected chi connectivity index (χ3v) is 6.85. The predicted octanol–water partition coefficient (Wildman–Crippen LogP) is 6.35. The lowest BCUT2D eigenvalue weighted by atomic mass is 9.97. The van der Waals surface area contributed by atoms with Gasteiger partial charge in [0.25, 0.3) is 5.91 Å². The van der Waals surface area contributed by atoms with Gasteiger partial charge in [-0.05, 0) is 62.2 Å². The number of rotatable bonds is 6. The normalized spacial score (nSPS) is 10.9. The van der Waals surface area contributed by atoms with E-state index in [0.29, 0.717) is 33.4 Å². The highest BCUT2D eigenvalue weighted by Gasteiger charge is 2.26. The number of hydrogen-bond acceptors (Lipinski definition) is 7. The van der Waals surface area contributed by atoms with E-state index in [0.717, 1.165) is 5.56 Å². The van der Waals surface area contributed by atoms with Crippen LogP contribution in [0.4, 0.5) is 20.3 Å². The standard InChI is InChI=1S/C31H25F2N7O2/c1-15(2)30(41)39-20-7-8-21(22(32)11-20)28-25(26-27(40(28)5)19(12-34)14-36-29(26)35)18-6-9-24(23(33)10-18)42-31-37-13-16(3)17(4)38-31/h6-11,13-14H,1H2,2-5H3,(H2,35,36)(H,39,41). The minimum Gasteiger partial charge on any atom is -0.421 e. The van der Waals surface area contributed by atoms with Gasteiger partial charge in [0.1, 0.15) is 17.7 Å².